The Morgan fingerprint density at radius 1 is 1.20 bits per heavy atom. The van der Waals surface area contributed by atoms with Crippen molar-refractivity contribution in [2.45, 2.75) is 19.0 Å². The second-order valence-corrected chi connectivity index (χ2v) is 6.72. The SMILES string of the molecule is Cc1cc(Nc2nc(C(F)(F)c3ccc(F)cc3)nc3ccc(C(O)CN)n23)n[nH]1. The van der Waals surface area contributed by atoms with Crippen LogP contribution in [0.5, 0.6) is 0 Å². The molecule has 3 aromatic heterocycles. The van der Waals surface area contributed by atoms with Crippen molar-refractivity contribution in [1.82, 2.24) is 24.6 Å². The molecule has 0 radical (unpaired) electrons. The number of aryl methyl sites for hydroxylation is 1. The lowest BCUT2D eigenvalue weighted by Gasteiger charge is -2.18. The van der Waals surface area contributed by atoms with Crippen LogP contribution in [0.4, 0.5) is 24.9 Å². The summed E-state index contributed by atoms with van der Waals surface area (Å²) in [6.07, 6.45) is -1.05. The van der Waals surface area contributed by atoms with Crippen LogP contribution in [0.1, 0.15) is 28.9 Å². The van der Waals surface area contributed by atoms with Crippen LogP contribution in [0.3, 0.4) is 0 Å². The van der Waals surface area contributed by atoms with Crippen LogP contribution in [-0.2, 0) is 5.92 Å². The predicted molar refractivity (Wildman–Crippen MR) is 103 cm³/mol. The average molecular weight is 417 g/mol. The number of benzene rings is 1. The van der Waals surface area contributed by atoms with Crippen LogP contribution in [0.2, 0.25) is 0 Å². The summed E-state index contributed by atoms with van der Waals surface area (Å²) >= 11 is 0. The molecular formula is C19H18F3N7O. The van der Waals surface area contributed by atoms with E-state index in [9.17, 15) is 9.50 Å². The zero-order valence-corrected chi connectivity index (χ0v) is 15.8. The van der Waals surface area contributed by atoms with Gasteiger partial charge in [0.15, 0.2) is 5.82 Å². The number of hydrogen-bond acceptors (Lipinski definition) is 6. The molecule has 156 valence electrons. The lowest BCUT2D eigenvalue weighted by atomic mass is 10.1. The molecule has 0 aliphatic rings. The lowest BCUT2D eigenvalue weighted by molar-refractivity contribution is 0.0329. The van der Waals surface area contributed by atoms with Gasteiger partial charge in [0.05, 0.1) is 5.69 Å². The molecule has 11 heteroatoms. The van der Waals surface area contributed by atoms with Gasteiger partial charge in [-0.15, -0.1) is 0 Å². The molecule has 0 spiro atoms. The standard InChI is InChI=1S/C19H18F3N7O/c1-10-8-15(28-27-10)24-18-26-17(19(21,22)11-2-4-12(20)5-3-11)25-16-7-6-13(29(16)18)14(30)9-23/h2-8,14,30H,9,23H2,1H3,(H2,24,25,26,27,28). The molecule has 4 aromatic rings. The third kappa shape index (κ3) is 3.48. The molecule has 0 bridgehead atoms. The molecule has 1 atom stereocenters. The minimum absolute atomic E-state index is 0.0317. The van der Waals surface area contributed by atoms with Crippen molar-refractivity contribution >= 4 is 17.4 Å². The molecule has 1 aromatic carbocycles. The quantitative estimate of drug-likeness (QED) is 0.383. The van der Waals surface area contributed by atoms with E-state index in [2.05, 4.69) is 25.5 Å². The fraction of sp³-hybridized carbons (Fsp3) is 0.211. The van der Waals surface area contributed by atoms with Crippen LogP contribution in [0.25, 0.3) is 5.65 Å². The minimum atomic E-state index is -3.59. The fourth-order valence-corrected chi connectivity index (χ4v) is 3.03. The monoisotopic (exact) mass is 417 g/mol. The minimum Gasteiger partial charge on any atom is -0.386 e. The number of aliphatic hydroxyl groups excluding tert-OH is 1. The van der Waals surface area contributed by atoms with E-state index in [4.69, 9.17) is 5.73 Å². The molecule has 0 fully saturated rings. The number of H-pyrrole nitrogens is 1. The number of nitrogens with one attached hydrogen (secondary N) is 2. The smallest absolute Gasteiger partial charge is 0.331 e. The number of aromatic amines is 1. The number of nitrogens with zero attached hydrogens (tertiary/aromatic N) is 4. The lowest BCUT2D eigenvalue weighted by Crippen LogP contribution is -2.22. The molecule has 0 amide bonds. The van der Waals surface area contributed by atoms with Gasteiger partial charge < -0.3 is 16.2 Å². The van der Waals surface area contributed by atoms with Gasteiger partial charge in [0.25, 0.3) is 0 Å². The van der Waals surface area contributed by atoms with Crippen molar-refractivity contribution in [1.29, 1.82) is 0 Å². The number of alkyl halides is 2. The molecular weight excluding hydrogens is 399 g/mol. The molecule has 8 nitrogen and oxygen atoms in total. The van der Waals surface area contributed by atoms with Crippen molar-refractivity contribution in [3.8, 4) is 0 Å². The number of rotatable bonds is 6. The Bertz CT molecular complexity index is 1190. The maximum Gasteiger partial charge on any atom is 0.331 e. The van der Waals surface area contributed by atoms with E-state index in [1.165, 1.54) is 16.5 Å². The van der Waals surface area contributed by atoms with Gasteiger partial charge in [-0.3, -0.25) is 9.50 Å². The Balaban J connectivity index is 1.88. The fourth-order valence-electron chi connectivity index (χ4n) is 3.03. The molecule has 0 aliphatic heterocycles. The van der Waals surface area contributed by atoms with Crippen LogP contribution in [0.15, 0.2) is 42.5 Å². The average Bonchev–Trinajstić information content (AvgIpc) is 3.33. The van der Waals surface area contributed by atoms with Crippen LogP contribution in [-0.4, -0.2) is 36.2 Å². The second kappa shape index (κ2) is 7.43. The number of hydrogen-bond donors (Lipinski definition) is 4. The number of aliphatic hydroxyl groups is 1. The first-order valence-electron chi connectivity index (χ1n) is 9.00. The molecule has 1 unspecified atom stereocenters. The van der Waals surface area contributed by atoms with Gasteiger partial charge in [-0.1, -0.05) is 0 Å². The summed E-state index contributed by atoms with van der Waals surface area (Å²) in [5.74, 6) is -4.71. The van der Waals surface area contributed by atoms with Crippen LogP contribution >= 0.6 is 0 Å². The molecule has 0 saturated carbocycles. The first-order valence-corrected chi connectivity index (χ1v) is 9.00. The number of halogens is 3. The third-order valence-corrected chi connectivity index (χ3v) is 4.53. The number of anilines is 2. The van der Waals surface area contributed by atoms with Gasteiger partial charge in [0.2, 0.25) is 11.8 Å². The Kier molecular flexibility index (Phi) is 4.92. The first-order chi connectivity index (χ1) is 14.3. The van der Waals surface area contributed by atoms with Crippen molar-refractivity contribution < 1.29 is 18.3 Å². The van der Waals surface area contributed by atoms with Crippen molar-refractivity contribution in [2.24, 2.45) is 5.73 Å². The van der Waals surface area contributed by atoms with Crippen molar-refractivity contribution in [3.05, 3.63) is 71.1 Å². The highest BCUT2D eigenvalue weighted by molar-refractivity contribution is 5.56. The number of aromatic nitrogens is 5. The van der Waals surface area contributed by atoms with E-state index in [0.29, 0.717) is 11.5 Å². The van der Waals surface area contributed by atoms with E-state index < -0.39 is 29.2 Å². The highest BCUT2D eigenvalue weighted by Crippen LogP contribution is 2.35. The Morgan fingerprint density at radius 2 is 1.93 bits per heavy atom. The Hall–Kier alpha value is -3.44. The molecule has 4 rings (SSSR count). The Labute approximate surface area is 168 Å². The van der Waals surface area contributed by atoms with Gasteiger partial charge in [0, 0.05) is 23.9 Å². The first kappa shape index (κ1) is 19.9. The van der Waals surface area contributed by atoms with E-state index in [0.717, 1.165) is 30.0 Å². The summed E-state index contributed by atoms with van der Waals surface area (Å²) in [5.41, 5.74) is 6.30. The summed E-state index contributed by atoms with van der Waals surface area (Å²) in [7, 11) is 0. The zero-order valence-electron chi connectivity index (χ0n) is 15.8. The van der Waals surface area contributed by atoms with Crippen molar-refractivity contribution in [3.63, 3.8) is 0 Å². The van der Waals surface area contributed by atoms with Crippen LogP contribution in [0, 0.1) is 12.7 Å². The molecule has 3 heterocycles. The highest BCUT2D eigenvalue weighted by Gasteiger charge is 2.38. The number of nitrogens with two attached hydrogens (primary N) is 1. The summed E-state index contributed by atoms with van der Waals surface area (Å²) in [6, 6.07) is 8.52. The van der Waals surface area contributed by atoms with Gasteiger partial charge in [-0.05, 0) is 43.3 Å². The van der Waals surface area contributed by atoms with Gasteiger partial charge in [0.1, 0.15) is 17.6 Å². The number of fused-ring (bicyclic) bond motifs is 1. The van der Waals surface area contributed by atoms with E-state index >= 15 is 8.78 Å². The second-order valence-electron chi connectivity index (χ2n) is 6.72. The Morgan fingerprint density at radius 3 is 2.57 bits per heavy atom. The van der Waals surface area contributed by atoms with Gasteiger partial charge in [-0.2, -0.15) is 18.9 Å². The summed E-state index contributed by atoms with van der Waals surface area (Å²) in [4.78, 5) is 8.00. The van der Waals surface area contributed by atoms with E-state index in [1.807, 2.05) is 0 Å². The third-order valence-electron chi connectivity index (χ3n) is 4.53. The maximum absolute atomic E-state index is 15.1. The summed E-state index contributed by atoms with van der Waals surface area (Å²) in [6.45, 7) is 1.70. The van der Waals surface area contributed by atoms with E-state index in [1.54, 1.807) is 13.0 Å². The van der Waals surface area contributed by atoms with Gasteiger partial charge in [-0.25, -0.2) is 9.37 Å². The molecule has 30 heavy (non-hydrogen) atoms. The highest BCUT2D eigenvalue weighted by atomic mass is 19.3. The summed E-state index contributed by atoms with van der Waals surface area (Å²) < 4.78 is 44.8. The molecule has 0 aliphatic carbocycles. The van der Waals surface area contributed by atoms with E-state index in [-0.39, 0.29) is 18.1 Å². The molecule has 0 saturated heterocycles. The zero-order chi connectivity index (χ0) is 21.5. The normalized spacial score (nSPS) is 13.0. The molecule has 5 N–H and O–H groups in total. The summed E-state index contributed by atoms with van der Waals surface area (Å²) in [5, 5.41) is 19.8. The van der Waals surface area contributed by atoms with Crippen LogP contribution < -0.4 is 11.1 Å². The van der Waals surface area contributed by atoms with Gasteiger partial charge >= 0.3 is 5.92 Å². The largest absolute Gasteiger partial charge is 0.386 e. The predicted octanol–water partition coefficient (Wildman–Crippen LogP) is 2.78. The van der Waals surface area contributed by atoms with Crippen molar-refractivity contribution in [2.75, 3.05) is 11.9 Å². The topological polar surface area (TPSA) is 117 Å². The maximum atomic E-state index is 15.1.